The number of nitrogens with zero attached hydrogens (tertiary/aromatic N) is 5. The maximum absolute atomic E-state index is 13.1. The van der Waals surface area contributed by atoms with E-state index < -0.39 is 23.5 Å². The standard InChI is InChI=1S/C29H37N5O6/c1-4-32-20-30-27-26(32)28(37)34(29(38)33(27)5-2)17-22(35)15-31(3)16-23(36)19-40-25-14-10-9-13-24(25)39-18-21-11-7-6-8-12-21/h6-14,20,22-23,35-36H,4-5,15-19H2,1-3H3. The number of imidazole rings is 1. The second kappa shape index (κ2) is 13.4. The summed E-state index contributed by atoms with van der Waals surface area (Å²) >= 11 is 0. The molecule has 2 N–H and O–H groups in total. The van der Waals surface area contributed by atoms with Gasteiger partial charge < -0.3 is 29.2 Å². The Morgan fingerprint density at radius 1 is 0.875 bits per heavy atom. The summed E-state index contributed by atoms with van der Waals surface area (Å²) in [6.07, 6.45) is -0.324. The van der Waals surface area contributed by atoms with Crippen molar-refractivity contribution >= 4 is 11.2 Å². The van der Waals surface area contributed by atoms with E-state index in [4.69, 9.17) is 9.47 Å². The minimum absolute atomic E-state index is 0.0183. The largest absolute Gasteiger partial charge is 0.487 e. The Labute approximate surface area is 232 Å². The molecule has 0 aliphatic rings. The summed E-state index contributed by atoms with van der Waals surface area (Å²) in [4.78, 5) is 32.1. The van der Waals surface area contributed by atoms with Crippen LogP contribution >= 0.6 is 0 Å². The second-order valence-electron chi connectivity index (χ2n) is 9.71. The van der Waals surface area contributed by atoms with E-state index in [2.05, 4.69) is 4.98 Å². The molecule has 2 heterocycles. The van der Waals surface area contributed by atoms with Crippen LogP contribution in [0.2, 0.25) is 0 Å². The Balaban J connectivity index is 1.33. The number of fused-ring (bicyclic) bond motifs is 1. The first kappa shape index (κ1) is 29.1. The zero-order chi connectivity index (χ0) is 28.6. The van der Waals surface area contributed by atoms with Crippen LogP contribution in [0.25, 0.3) is 11.2 Å². The van der Waals surface area contributed by atoms with Crippen LogP contribution in [0.3, 0.4) is 0 Å². The van der Waals surface area contributed by atoms with Gasteiger partial charge in [0, 0.05) is 26.2 Å². The van der Waals surface area contributed by atoms with Gasteiger partial charge in [0.15, 0.2) is 22.7 Å². The van der Waals surface area contributed by atoms with Crippen molar-refractivity contribution in [3.05, 3.63) is 87.3 Å². The molecule has 2 aromatic heterocycles. The van der Waals surface area contributed by atoms with E-state index in [1.807, 2.05) is 62.4 Å². The highest BCUT2D eigenvalue weighted by Gasteiger charge is 2.20. The molecule has 2 unspecified atom stereocenters. The lowest BCUT2D eigenvalue weighted by Crippen LogP contribution is -2.45. The topological polar surface area (TPSA) is 124 Å². The average molecular weight is 552 g/mol. The average Bonchev–Trinajstić information content (AvgIpc) is 3.38. The number of aromatic nitrogens is 4. The molecular formula is C29H37N5O6. The molecule has 0 spiro atoms. The van der Waals surface area contributed by atoms with Gasteiger partial charge in [-0.1, -0.05) is 42.5 Å². The maximum atomic E-state index is 13.1. The van der Waals surface area contributed by atoms with Crippen LogP contribution in [0.4, 0.5) is 0 Å². The quantitative estimate of drug-likeness (QED) is 0.243. The molecule has 0 fully saturated rings. The number of rotatable bonds is 14. The van der Waals surface area contributed by atoms with Gasteiger partial charge in [0.25, 0.3) is 5.56 Å². The van der Waals surface area contributed by atoms with Crippen molar-refractivity contribution in [2.45, 2.75) is 52.3 Å². The normalized spacial score (nSPS) is 13.1. The number of benzene rings is 2. The van der Waals surface area contributed by atoms with Gasteiger partial charge in [0.05, 0.1) is 19.0 Å². The second-order valence-corrected chi connectivity index (χ2v) is 9.71. The number of hydrogen-bond donors (Lipinski definition) is 2. The molecule has 4 rings (SSSR count). The van der Waals surface area contributed by atoms with E-state index in [-0.39, 0.29) is 26.2 Å². The summed E-state index contributed by atoms with van der Waals surface area (Å²) in [7, 11) is 1.74. The molecule has 0 aliphatic carbocycles. The summed E-state index contributed by atoms with van der Waals surface area (Å²) < 4.78 is 15.9. The fourth-order valence-electron chi connectivity index (χ4n) is 4.65. The zero-order valence-corrected chi connectivity index (χ0v) is 23.1. The lowest BCUT2D eigenvalue weighted by Gasteiger charge is -2.24. The van der Waals surface area contributed by atoms with Gasteiger partial charge in [-0.2, -0.15) is 0 Å². The van der Waals surface area contributed by atoms with E-state index in [0.29, 0.717) is 42.4 Å². The van der Waals surface area contributed by atoms with Crippen LogP contribution in [-0.4, -0.2) is 72.8 Å². The molecule has 2 aromatic carbocycles. The van der Waals surface area contributed by atoms with Crippen molar-refractivity contribution < 1.29 is 19.7 Å². The molecule has 4 aromatic rings. The number of aliphatic hydroxyl groups excluding tert-OH is 2. The molecule has 2 atom stereocenters. The number of aryl methyl sites for hydroxylation is 2. The SMILES string of the molecule is CCn1cnc2c1c(=O)n(CC(O)CN(C)CC(O)COc1ccccc1OCc1ccccc1)c(=O)n2CC. The first-order chi connectivity index (χ1) is 19.3. The highest BCUT2D eigenvalue weighted by molar-refractivity contribution is 5.70. The Hall–Kier alpha value is -3.93. The number of likely N-dealkylation sites (N-methyl/N-ethyl adjacent to an activating group) is 1. The highest BCUT2D eigenvalue weighted by atomic mass is 16.5. The van der Waals surface area contributed by atoms with Gasteiger partial charge in [-0.25, -0.2) is 9.78 Å². The molecule has 11 heteroatoms. The fourth-order valence-corrected chi connectivity index (χ4v) is 4.65. The maximum Gasteiger partial charge on any atom is 0.332 e. The third-order valence-electron chi connectivity index (χ3n) is 6.60. The van der Waals surface area contributed by atoms with E-state index in [9.17, 15) is 19.8 Å². The molecule has 0 radical (unpaired) electrons. The van der Waals surface area contributed by atoms with Crippen LogP contribution in [-0.2, 0) is 26.2 Å². The van der Waals surface area contributed by atoms with Crippen LogP contribution < -0.4 is 20.7 Å². The number of hydrogen-bond acceptors (Lipinski definition) is 8. The fraction of sp³-hybridized carbons (Fsp3) is 0.414. The third-order valence-corrected chi connectivity index (χ3v) is 6.60. The van der Waals surface area contributed by atoms with Crippen LogP contribution in [0, 0.1) is 0 Å². The Kier molecular flexibility index (Phi) is 9.75. The predicted octanol–water partition coefficient (Wildman–Crippen LogP) is 1.71. The molecule has 11 nitrogen and oxygen atoms in total. The first-order valence-electron chi connectivity index (χ1n) is 13.4. The number of aliphatic hydroxyl groups is 2. The van der Waals surface area contributed by atoms with Crippen LogP contribution in [0.15, 0.2) is 70.5 Å². The number of para-hydroxylation sites is 2. The summed E-state index contributed by atoms with van der Waals surface area (Å²) in [5, 5.41) is 21.3. The molecule has 0 saturated carbocycles. The summed E-state index contributed by atoms with van der Waals surface area (Å²) in [5.41, 5.74) is 0.726. The Bertz CT molecular complexity index is 1510. The smallest absolute Gasteiger partial charge is 0.332 e. The zero-order valence-electron chi connectivity index (χ0n) is 23.1. The molecule has 0 bridgehead atoms. The van der Waals surface area contributed by atoms with Gasteiger partial charge in [-0.05, 0) is 38.6 Å². The molecule has 214 valence electrons. The first-order valence-corrected chi connectivity index (χ1v) is 13.4. The van der Waals surface area contributed by atoms with E-state index >= 15 is 0 Å². The number of ether oxygens (including phenoxy) is 2. The van der Waals surface area contributed by atoms with Gasteiger partial charge >= 0.3 is 5.69 Å². The van der Waals surface area contributed by atoms with Crippen molar-refractivity contribution in [1.29, 1.82) is 0 Å². The third kappa shape index (κ3) is 6.79. The van der Waals surface area contributed by atoms with Crippen molar-refractivity contribution in [3.8, 4) is 11.5 Å². The van der Waals surface area contributed by atoms with Crippen LogP contribution in [0.5, 0.6) is 11.5 Å². The summed E-state index contributed by atoms with van der Waals surface area (Å²) in [6, 6.07) is 17.1. The van der Waals surface area contributed by atoms with Crippen molar-refractivity contribution in [2.24, 2.45) is 0 Å². The Morgan fingerprint density at radius 2 is 1.52 bits per heavy atom. The highest BCUT2D eigenvalue weighted by Crippen LogP contribution is 2.27. The molecule has 0 aliphatic heterocycles. The van der Waals surface area contributed by atoms with Crippen LogP contribution in [0.1, 0.15) is 19.4 Å². The van der Waals surface area contributed by atoms with E-state index in [1.165, 1.54) is 4.57 Å². The van der Waals surface area contributed by atoms with Crippen molar-refractivity contribution in [1.82, 2.24) is 23.6 Å². The molecule has 40 heavy (non-hydrogen) atoms. The van der Waals surface area contributed by atoms with Gasteiger partial charge in [-0.3, -0.25) is 13.9 Å². The minimum atomic E-state index is -1.02. The Morgan fingerprint density at radius 3 is 2.20 bits per heavy atom. The van der Waals surface area contributed by atoms with Crippen molar-refractivity contribution in [3.63, 3.8) is 0 Å². The molecular weight excluding hydrogens is 514 g/mol. The monoisotopic (exact) mass is 551 g/mol. The predicted molar refractivity (Wildman–Crippen MR) is 152 cm³/mol. The lowest BCUT2D eigenvalue weighted by atomic mass is 10.2. The van der Waals surface area contributed by atoms with E-state index in [1.54, 1.807) is 28.9 Å². The molecule has 0 saturated heterocycles. The van der Waals surface area contributed by atoms with Gasteiger partial charge in [0.2, 0.25) is 0 Å². The molecule has 0 amide bonds. The van der Waals surface area contributed by atoms with Crippen molar-refractivity contribution in [2.75, 3.05) is 26.7 Å². The van der Waals surface area contributed by atoms with E-state index in [0.717, 1.165) is 10.1 Å². The van der Waals surface area contributed by atoms with Gasteiger partial charge in [0.1, 0.15) is 19.3 Å². The lowest BCUT2D eigenvalue weighted by molar-refractivity contribution is 0.0506. The van der Waals surface area contributed by atoms with Gasteiger partial charge in [-0.15, -0.1) is 0 Å². The summed E-state index contributed by atoms with van der Waals surface area (Å²) in [5.74, 6) is 1.10. The summed E-state index contributed by atoms with van der Waals surface area (Å²) in [6.45, 7) is 5.16. The minimum Gasteiger partial charge on any atom is -0.487 e.